The summed E-state index contributed by atoms with van der Waals surface area (Å²) in [5.41, 5.74) is 3.27. The number of rotatable bonds is 2. The first-order chi connectivity index (χ1) is 8.81. The van der Waals surface area contributed by atoms with Gasteiger partial charge < -0.3 is 10.1 Å². The van der Waals surface area contributed by atoms with Crippen molar-refractivity contribution in [3.63, 3.8) is 0 Å². The number of benzene rings is 2. The Kier molecular flexibility index (Phi) is 2.49. The molecule has 0 amide bonds. The number of nitrogens with zero attached hydrogens (tertiary/aromatic N) is 3. The van der Waals surface area contributed by atoms with Crippen LogP contribution in [0.5, 0.6) is 5.75 Å². The van der Waals surface area contributed by atoms with Crippen LogP contribution in [-0.4, -0.2) is 15.1 Å². The van der Waals surface area contributed by atoms with Crippen LogP contribution in [0.1, 0.15) is 0 Å². The highest BCUT2D eigenvalue weighted by Gasteiger charge is 1.97. The van der Waals surface area contributed by atoms with Crippen molar-refractivity contribution in [2.45, 2.75) is 0 Å². The van der Waals surface area contributed by atoms with Crippen molar-refractivity contribution >= 4 is 22.4 Å². The first kappa shape index (κ1) is 10.5. The van der Waals surface area contributed by atoms with Gasteiger partial charge in [-0.2, -0.15) is 10.2 Å². The molecule has 0 aliphatic heterocycles. The minimum absolute atomic E-state index is 0.216. The van der Waals surface area contributed by atoms with Crippen molar-refractivity contribution < 1.29 is 5.11 Å². The third-order valence-corrected chi connectivity index (χ3v) is 2.53. The zero-order chi connectivity index (χ0) is 12.4. The van der Waals surface area contributed by atoms with Crippen LogP contribution in [0, 0.1) is 0 Å². The van der Waals surface area contributed by atoms with E-state index in [4.69, 9.17) is 5.11 Å². The Balaban J connectivity index is 1.88. The molecule has 2 N–H and O–H groups in total. The van der Waals surface area contributed by atoms with E-state index in [2.05, 4.69) is 20.2 Å². The summed E-state index contributed by atoms with van der Waals surface area (Å²) in [6.07, 6.45) is 1.64. The lowest BCUT2D eigenvalue weighted by Gasteiger charge is -1.94. The molecular formula is C13H10N4O. The van der Waals surface area contributed by atoms with Gasteiger partial charge in [0.2, 0.25) is 0 Å². The molecule has 0 aliphatic carbocycles. The summed E-state index contributed by atoms with van der Waals surface area (Å²) in [6, 6.07) is 12.2. The minimum Gasteiger partial charge on any atom is -0.508 e. The van der Waals surface area contributed by atoms with Gasteiger partial charge in [-0.05, 0) is 42.5 Å². The van der Waals surface area contributed by atoms with Gasteiger partial charge in [-0.25, -0.2) is 4.98 Å². The number of hydrogen-bond donors (Lipinski definition) is 2. The second-order valence-electron chi connectivity index (χ2n) is 3.82. The number of phenolic OH excluding ortho intramolecular Hbond substituents is 1. The van der Waals surface area contributed by atoms with Crippen LogP contribution < -0.4 is 0 Å². The maximum Gasteiger partial charge on any atom is 0.115 e. The quantitative estimate of drug-likeness (QED) is 0.668. The topological polar surface area (TPSA) is 73.6 Å². The standard InChI is InChI=1S/C13H10N4O/c18-11-4-1-9(2-5-11)16-17-10-3-6-12-13(7-10)15-8-14-12/h1-8,18H,(H,14,15). The van der Waals surface area contributed by atoms with Gasteiger partial charge in [-0.15, -0.1) is 0 Å². The molecule has 0 radical (unpaired) electrons. The van der Waals surface area contributed by atoms with Gasteiger partial charge in [0.05, 0.1) is 28.7 Å². The minimum atomic E-state index is 0.216. The molecule has 0 aliphatic rings. The van der Waals surface area contributed by atoms with Crippen LogP contribution in [0.2, 0.25) is 0 Å². The zero-order valence-corrected chi connectivity index (χ0v) is 9.41. The number of aromatic hydroxyl groups is 1. The van der Waals surface area contributed by atoms with E-state index in [-0.39, 0.29) is 5.75 Å². The Labute approximate surface area is 103 Å². The number of fused-ring (bicyclic) bond motifs is 1. The normalized spacial score (nSPS) is 11.3. The molecule has 1 aromatic heterocycles. The lowest BCUT2D eigenvalue weighted by Crippen LogP contribution is -1.69. The molecule has 3 aromatic rings. The van der Waals surface area contributed by atoms with Crippen molar-refractivity contribution in [3.05, 3.63) is 48.8 Å². The zero-order valence-electron chi connectivity index (χ0n) is 9.41. The first-order valence-electron chi connectivity index (χ1n) is 5.45. The highest BCUT2D eigenvalue weighted by Crippen LogP contribution is 2.22. The molecule has 18 heavy (non-hydrogen) atoms. The lowest BCUT2D eigenvalue weighted by atomic mass is 10.3. The fourth-order valence-corrected chi connectivity index (χ4v) is 1.62. The van der Waals surface area contributed by atoms with Crippen molar-refractivity contribution in [1.29, 1.82) is 0 Å². The van der Waals surface area contributed by atoms with Gasteiger partial charge in [0.15, 0.2) is 0 Å². The Morgan fingerprint density at radius 2 is 1.67 bits per heavy atom. The number of hydrogen-bond acceptors (Lipinski definition) is 4. The smallest absolute Gasteiger partial charge is 0.115 e. The summed E-state index contributed by atoms with van der Waals surface area (Å²) < 4.78 is 0. The molecule has 3 rings (SSSR count). The van der Waals surface area contributed by atoms with Crippen LogP contribution in [-0.2, 0) is 0 Å². The van der Waals surface area contributed by atoms with Gasteiger partial charge in [0.25, 0.3) is 0 Å². The molecule has 0 unspecified atom stereocenters. The predicted molar refractivity (Wildman–Crippen MR) is 68.4 cm³/mol. The molecule has 5 nitrogen and oxygen atoms in total. The summed E-state index contributed by atoms with van der Waals surface area (Å²) in [6.45, 7) is 0. The number of imidazole rings is 1. The lowest BCUT2D eigenvalue weighted by molar-refractivity contribution is 0.475. The molecule has 0 atom stereocenters. The monoisotopic (exact) mass is 238 g/mol. The van der Waals surface area contributed by atoms with Crippen LogP contribution in [0.4, 0.5) is 11.4 Å². The summed E-state index contributed by atoms with van der Waals surface area (Å²) in [5.74, 6) is 0.216. The van der Waals surface area contributed by atoms with E-state index < -0.39 is 0 Å². The van der Waals surface area contributed by atoms with Gasteiger partial charge >= 0.3 is 0 Å². The van der Waals surface area contributed by atoms with Crippen LogP contribution in [0.3, 0.4) is 0 Å². The second kappa shape index (κ2) is 4.29. The van der Waals surface area contributed by atoms with Gasteiger partial charge in [-0.1, -0.05) is 0 Å². The molecule has 0 saturated carbocycles. The van der Waals surface area contributed by atoms with E-state index in [1.807, 2.05) is 18.2 Å². The number of H-pyrrole nitrogens is 1. The fourth-order valence-electron chi connectivity index (χ4n) is 1.62. The number of azo groups is 1. The van der Waals surface area contributed by atoms with Gasteiger partial charge in [0, 0.05) is 0 Å². The largest absolute Gasteiger partial charge is 0.508 e. The van der Waals surface area contributed by atoms with Crippen LogP contribution in [0.15, 0.2) is 59.0 Å². The Morgan fingerprint density at radius 3 is 2.50 bits per heavy atom. The molecule has 5 heteroatoms. The summed E-state index contributed by atoms with van der Waals surface area (Å²) in [4.78, 5) is 7.15. The molecule has 0 bridgehead atoms. The second-order valence-corrected chi connectivity index (χ2v) is 3.82. The van der Waals surface area contributed by atoms with Crippen molar-refractivity contribution in [2.24, 2.45) is 10.2 Å². The number of phenols is 1. The molecule has 0 fully saturated rings. The van der Waals surface area contributed by atoms with E-state index in [1.54, 1.807) is 30.6 Å². The Hall–Kier alpha value is -2.69. The fraction of sp³-hybridized carbons (Fsp3) is 0. The van der Waals surface area contributed by atoms with Crippen molar-refractivity contribution in [2.75, 3.05) is 0 Å². The highest BCUT2D eigenvalue weighted by atomic mass is 16.3. The Bertz CT molecular complexity index is 700. The molecular weight excluding hydrogens is 228 g/mol. The summed E-state index contributed by atoms with van der Waals surface area (Å²) >= 11 is 0. The summed E-state index contributed by atoms with van der Waals surface area (Å²) in [5, 5.41) is 17.4. The maximum absolute atomic E-state index is 9.15. The van der Waals surface area contributed by atoms with Crippen molar-refractivity contribution in [1.82, 2.24) is 9.97 Å². The highest BCUT2D eigenvalue weighted by molar-refractivity contribution is 5.77. The van der Waals surface area contributed by atoms with Crippen molar-refractivity contribution in [3.8, 4) is 5.75 Å². The first-order valence-corrected chi connectivity index (χ1v) is 5.45. The SMILES string of the molecule is Oc1ccc(N=Nc2ccc3nc[nH]c3c2)cc1. The molecule has 2 aromatic carbocycles. The maximum atomic E-state index is 9.15. The van der Waals surface area contributed by atoms with Gasteiger partial charge in [0.1, 0.15) is 5.75 Å². The van der Waals surface area contributed by atoms with E-state index >= 15 is 0 Å². The molecule has 0 spiro atoms. The molecule has 0 saturated heterocycles. The van der Waals surface area contributed by atoms with E-state index in [0.29, 0.717) is 5.69 Å². The van der Waals surface area contributed by atoms with Crippen LogP contribution >= 0.6 is 0 Å². The third kappa shape index (κ3) is 2.06. The number of nitrogens with one attached hydrogen (secondary N) is 1. The average molecular weight is 238 g/mol. The summed E-state index contributed by atoms with van der Waals surface area (Å²) in [7, 11) is 0. The van der Waals surface area contributed by atoms with E-state index in [9.17, 15) is 0 Å². The van der Waals surface area contributed by atoms with E-state index in [1.165, 1.54) is 0 Å². The third-order valence-electron chi connectivity index (χ3n) is 2.53. The molecule has 1 heterocycles. The number of aromatic nitrogens is 2. The molecule has 88 valence electrons. The number of aromatic amines is 1. The van der Waals surface area contributed by atoms with E-state index in [0.717, 1.165) is 16.7 Å². The predicted octanol–water partition coefficient (Wildman–Crippen LogP) is 3.68. The van der Waals surface area contributed by atoms with Gasteiger partial charge in [-0.3, -0.25) is 0 Å². The van der Waals surface area contributed by atoms with Crippen LogP contribution in [0.25, 0.3) is 11.0 Å². The Morgan fingerprint density at radius 1 is 0.944 bits per heavy atom. The average Bonchev–Trinajstić information content (AvgIpc) is 2.85.